The van der Waals surface area contributed by atoms with Gasteiger partial charge in [0.05, 0.1) is 9.90 Å². The van der Waals surface area contributed by atoms with Crippen molar-refractivity contribution in [3.63, 3.8) is 0 Å². The van der Waals surface area contributed by atoms with E-state index in [4.69, 9.17) is 11.6 Å². The number of rotatable bonds is 4. The highest BCUT2D eigenvalue weighted by atomic mass is 35.5. The molecule has 17 heavy (non-hydrogen) atoms. The lowest BCUT2D eigenvalue weighted by Gasteiger charge is -2.15. The Kier molecular flexibility index (Phi) is 4.21. The highest BCUT2D eigenvalue weighted by Crippen LogP contribution is 2.34. The van der Waals surface area contributed by atoms with Crippen LogP contribution in [0.3, 0.4) is 0 Å². The molecule has 1 nitrogen and oxygen atoms in total. The maximum Gasteiger partial charge on any atom is 0.0592 e. The first-order valence-corrected chi connectivity index (χ1v) is 7.02. The van der Waals surface area contributed by atoms with Gasteiger partial charge in [-0.2, -0.15) is 0 Å². The topological polar surface area (TPSA) is 12.0 Å². The molecule has 0 aliphatic rings. The molecule has 0 spiro atoms. The van der Waals surface area contributed by atoms with E-state index in [0.29, 0.717) is 6.04 Å². The maximum atomic E-state index is 6.17. The van der Waals surface area contributed by atoms with E-state index in [1.54, 1.807) is 11.3 Å². The number of halogens is 1. The van der Waals surface area contributed by atoms with Crippen molar-refractivity contribution in [3.8, 4) is 10.4 Å². The molecule has 1 aromatic heterocycles. The van der Waals surface area contributed by atoms with Crippen molar-refractivity contribution < 1.29 is 0 Å². The van der Waals surface area contributed by atoms with Gasteiger partial charge in [-0.05, 0) is 42.1 Å². The molecule has 1 heterocycles. The van der Waals surface area contributed by atoms with E-state index in [2.05, 4.69) is 36.5 Å². The van der Waals surface area contributed by atoms with Gasteiger partial charge in [-0.25, -0.2) is 0 Å². The first-order valence-electron chi connectivity index (χ1n) is 5.76. The molecule has 0 bridgehead atoms. The van der Waals surface area contributed by atoms with Crippen LogP contribution in [0.4, 0.5) is 0 Å². The van der Waals surface area contributed by atoms with E-state index >= 15 is 0 Å². The predicted molar refractivity (Wildman–Crippen MR) is 76.9 cm³/mol. The minimum absolute atomic E-state index is 0.411. The van der Waals surface area contributed by atoms with Gasteiger partial charge in [0, 0.05) is 6.04 Å². The molecule has 0 fully saturated rings. The summed E-state index contributed by atoms with van der Waals surface area (Å²) in [7, 11) is 2.00. The number of hydrogen-bond acceptors (Lipinski definition) is 2. The van der Waals surface area contributed by atoms with Crippen molar-refractivity contribution in [1.29, 1.82) is 0 Å². The lowest BCUT2D eigenvalue weighted by atomic mass is 10.0. The first kappa shape index (κ1) is 12.6. The number of benzene rings is 1. The maximum absolute atomic E-state index is 6.17. The van der Waals surface area contributed by atoms with E-state index in [1.807, 2.05) is 18.5 Å². The second kappa shape index (κ2) is 5.67. The zero-order valence-corrected chi connectivity index (χ0v) is 11.6. The quantitative estimate of drug-likeness (QED) is 0.842. The lowest BCUT2D eigenvalue weighted by Crippen LogP contribution is -2.14. The molecule has 0 saturated heterocycles. The zero-order valence-electron chi connectivity index (χ0n) is 10.0. The van der Waals surface area contributed by atoms with Crippen molar-refractivity contribution in [2.75, 3.05) is 7.05 Å². The summed E-state index contributed by atoms with van der Waals surface area (Å²) in [5.74, 6) is 0. The molecular formula is C14H16ClNS. The smallest absolute Gasteiger partial charge is 0.0592 e. The first-order chi connectivity index (χ1) is 8.26. The summed E-state index contributed by atoms with van der Waals surface area (Å²) in [5, 5.41) is 6.19. The highest BCUT2D eigenvalue weighted by Gasteiger charge is 2.09. The molecule has 0 saturated carbocycles. The third-order valence-electron chi connectivity index (χ3n) is 2.93. The van der Waals surface area contributed by atoms with E-state index in [9.17, 15) is 0 Å². The van der Waals surface area contributed by atoms with Crippen molar-refractivity contribution in [2.45, 2.75) is 19.4 Å². The molecule has 3 heteroatoms. The monoisotopic (exact) mass is 265 g/mol. The van der Waals surface area contributed by atoms with E-state index < -0.39 is 0 Å². The normalized spacial score (nSPS) is 12.6. The number of thiophene rings is 1. The van der Waals surface area contributed by atoms with E-state index in [-0.39, 0.29) is 0 Å². The molecule has 90 valence electrons. The van der Waals surface area contributed by atoms with Gasteiger partial charge in [-0.1, -0.05) is 36.7 Å². The SMILES string of the molecule is CCC(NC)c1cccc(-c2sccc2Cl)c1. The van der Waals surface area contributed by atoms with Crippen LogP contribution < -0.4 is 5.32 Å². The second-order valence-corrected chi connectivity index (χ2v) is 5.30. The van der Waals surface area contributed by atoms with Gasteiger partial charge in [0.1, 0.15) is 0 Å². The zero-order chi connectivity index (χ0) is 12.3. The van der Waals surface area contributed by atoms with Crippen LogP contribution in [0.25, 0.3) is 10.4 Å². The molecule has 0 amide bonds. The van der Waals surface area contributed by atoms with E-state index in [1.165, 1.54) is 11.1 Å². The fraction of sp³-hybridized carbons (Fsp3) is 0.286. The summed E-state index contributed by atoms with van der Waals surface area (Å²) in [4.78, 5) is 1.15. The Labute approximate surface area is 111 Å². The highest BCUT2D eigenvalue weighted by molar-refractivity contribution is 7.14. The lowest BCUT2D eigenvalue weighted by molar-refractivity contribution is 0.577. The summed E-state index contributed by atoms with van der Waals surface area (Å²) < 4.78 is 0. The third-order valence-corrected chi connectivity index (χ3v) is 4.32. The molecule has 0 radical (unpaired) electrons. The van der Waals surface area contributed by atoms with Gasteiger partial charge in [0.2, 0.25) is 0 Å². The van der Waals surface area contributed by atoms with Crippen molar-refractivity contribution >= 4 is 22.9 Å². The summed E-state index contributed by atoms with van der Waals surface area (Å²) in [6.07, 6.45) is 1.08. The molecule has 1 unspecified atom stereocenters. The molecule has 1 atom stereocenters. The van der Waals surface area contributed by atoms with Gasteiger partial charge < -0.3 is 5.32 Å². The fourth-order valence-electron chi connectivity index (χ4n) is 2.00. The van der Waals surface area contributed by atoms with Gasteiger partial charge in [-0.3, -0.25) is 0 Å². The van der Waals surface area contributed by atoms with Crippen molar-refractivity contribution in [1.82, 2.24) is 5.32 Å². The van der Waals surface area contributed by atoms with Gasteiger partial charge in [0.25, 0.3) is 0 Å². The molecule has 1 aromatic carbocycles. The van der Waals surface area contributed by atoms with Crippen LogP contribution in [0.1, 0.15) is 24.9 Å². The van der Waals surface area contributed by atoms with Crippen LogP contribution in [-0.2, 0) is 0 Å². The Balaban J connectivity index is 2.38. The van der Waals surface area contributed by atoms with Crippen LogP contribution in [-0.4, -0.2) is 7.05 Å². The van der Waals surface area contributed by atoms with Crippen LogP contribution >= 0.6 is 22.9 Å². The number of hydrogen-bond donors (Lipinski definition) is 1. The van der Waals surface area contributed by atoms with Gasteiger partial charge >= 0.3 is 0 Å². The standard InChI is InChI=1S/C14H16ClNS/c1-3-13(16-2)10-5-4-6-11(9-10)14-12(15)7-8-17-14/h4-9,13,16H,3H2,1-2H3. The van der Waals surface area contributed by atoms with Crippen LogP contribution in [0.5, 0.6) is 0 Å². The molecule has 0 aliphatic carbocycles. The third kappa shape index (κ3) is 2.71. The fourth-order valence-corrected chi connectivity index (χ4v) is 3.17. The summed E-state index contributed by atoms with van der Waals surface area (Å²) in [5.41, 5.74) is 2.52. The minimum Gasteiger partial charge on any atom is -0.313 e. The average Bonchev–Trinajstić information content (AvgIpc) is 2.77. The predicted octanol–water partition coefficient (Wildman–Crippen LogP) is 4.74. The molecule has 1 N–H and O–H groups in total. The van der Waals surface area contributed by atoms with Crippen LogP contribution in [0.2, 0.25) is 5.02 Å². The minimum atomic E-state index is 0.411. The molecule has 2 rings (SSSR count). The van der Waals surface area contributed by atoms with Crippen LogP contribution in [0.15, 0.2) is 35.7 Å². The average molecular weight is 266 g/mol. The Morgan fingerprint density at radius 1 is 1.35 bits per heavy atom. The second-order valence-electron chi connectivity index (χ2n) is 3.97. The Bertz CT molecular complexity index is 488. The molecular weight excluding hydrogens is 250 g/mol. The molecule has 0 aliphatic heterocycles. The summed E-state index contributed by atoms with van der Waals surface area (Å²) in [6, 6.07) is 11.0. The van der Waals surface area contributed by atoms with Gasteiger partial charge in [0.15, 0.2) is 0 Å². The summed E-state index contributed by atoms with van der Waals surface area (Å²) in [6.45, 7) is 2.19. The Hall–Kier alpha value is -0.830. The Morgan fingerprint density at radius 2 is 2.18 bits per heavy atom. The van der Waals surface area contributed by atoms with Gasteiger partial charge in [-0.15, -0.1) is 11.3 Å². The van der Waals surface area contributed by atoms with E-state index in [0.717, 1.165) is 16.3 Å². The number of nitrogens with one attached hydrogen (secondary N) is 1. The summed E-state index contributed by atoms with van der Waals surface area (Å²) >= 11 is 7.85. The van der Waals surface area contributed by atoms with Crippen molar-refractivity contribution in [2.24, 2.45) is 0 Å². The molecule has 2 aromatic rings. The van der Waals surface area contributed by atoms with Crippen LogP contribution in [0, 0.1) is 0 Å². The Morgan fingerprint density at radius 3 is 2.76 bits per heavy atom. The largest absolute Gasteiger partial charge is 0.313 e. The van der Waals surface area contributed by atoms with Crippen molar-refractivity contribution in [3.05, 3.63) is 46.3 Å².